The molecule has 0 heterocycles. The molecule has 1 amide bonds. The molecule has 0 aliphatic rings. The highest BCUT2D eigenvalue weighted by Crippen LogP contribution is 2.15. The predicted octanol–water partition coefficient (Wildman–Crippen LogP) is 3.02. The van der Waals surface area contributed by atoms with Gasteiger partial charge in [0, 0.05) is 18.0 Å². The molecule has 1 atom stereocenters. The van der Waals surface area contributed by atoms with Crippen LogP contribution in [-0.4, -0.2) is 20.9 Å². The van der Waals surface area contributed by atoms with Crippen molar-refractivity contribution < 1.29 is 17.6 Å². The van der Waals surface area contributed by atoms with Gasteiger partial charge in [-0.3, -0.25) is 4.79 Å². The summed E-state index contributed by atoms with van der Waals surface area (Å²) in [5.41, 5.74) is 0.759. The van der Waals surface area contributed by atoms with Crippen LogP contribution in [0.1, 0.15) is 24.9 Å². The first-order valence-corrected chi connectivity index (χ1v) is 9.44. The lowest BCUT2D eigenvalue weighted by Gasteiger charge is -2.14. The Balaban J connectivity index is 1.84. The van der Waals surface area contributed by atoms with Crippen LogP contribution in [0.4, 0.5) is 4.39 Å². The molecular weight excluding hydrogens is 367 g/mol. The van der Waals surface area contributed by atoms with E-state index in [-0.39, 0.29) is 35.6 Å². The number of hydrogen-bond donors (Lipinski definition) is 2. The molecule has 25 heavy (non-hydrogen) atoms. The van der Waals surface area contributed by atoms with Crippen LogP contribution in [0.25, 0.3) is 0 Å². The molecule has 2 aromatic carbocycles. The molecule has 0 fully saturated rings. The largest absolute Gasteiger partial charge is 0.350 e. The summed E-state index contributed by atoms with van der Waals surface area (Å²) >= 11 is 5.78. The molecule has 2 aromatic rings. The standard InChI is InChI=1S/C17H18ClFN2O3S/c1-12(13-5-7-15(19)8-6-13)21-17(22)9-10-20-25(23,24)16-4-2-3-14(18)11-16/h2-8,11-12,20H,9-10H2,1H3,(H,21,22). The van der Waals surface area contributed by atoms with Crippen LogP contribution < -0.4 is 10.0 Å². The van der Waals surface area contributed by atoms with Crippen molar-refractivity contribution in [3.63, 3.8) is 0 Å². The van der Waals surface area contributed by atoms with E-state index in [9.17, 15) is 17.6 Å². The molecule has 0 bridgehead atoms. The van der Waals surface area contributed by atoms with E-state index in [2.05, 4.69) is 10.0 Å². The molecule has 0 spiro atoms. The van der Waals surface area contributed by atoms with Crippen LogP contribution in [0.5, 0.6) is 0 Å². The van der Waals surface area contributed by atoms with Gasteiger partial charge in [-0.15, -0.1) is 0 Å². The van der Waals surface area contributed by atoms with Gasteiger partial charge in [0.2, 0.25) is 15.9 Å². The van der Waals surface area contributed by atoms with E-state index in [1.54, 1.807) is 25.1 Å². The molecule has 0 aliphatic heterocycles. The second-order valence-corrected chi connectivity index (χ2v) is 7.65. The lowest BCUT2D eigenvalue weighted by atomic mass is 10.1. The Morgan fingerprint density at radius 3 is 2.52 bits per heavy atom. The molecule has 5 nitrogen and oxygen atoms in total. The Morgan fingerprint density at radius 1 is 1.20 bits per heavy atom. The van der Waals surface area contributed by atoms with Crippen molar-refractivity contribution >= 4 is 27.5 Å². The first kappa shape index (κ1) is 19.4. The minimum atomic E-state index is -3.72. The van der Waals surface area contributed by atoms with Gasteiger partial charge in [-0.25, -0.2) is 17.5 Å². The number of halogens is 2. The van der Waals surface area contributed by atoms with E-state index in [0.29, 0.717) is 5.02 Å². The SMILES string of the molecule is CC(NC(=O)CCNS(=O)(=O)c1cccc(Cl)c1)c1ccc(F)cc1. The van der Waals surface area contributed by atoms with Gasteiger partial charge >= 0.3 is 0 Å². The van der Waals surface area contributed by atoms with Crippen molar-refractivity contribution in [1.29, 1.82) is 0 Å². The van der Waals surface area contributed by atoms with Gasteiger partial charge < -0.3 is 5.32 Å². The molecule has 0 radical (unpaired) electrons. The van der Waals surface area contributed by atoms with Gasteiger partial charge in [-0.2, -0.15) is 0 Å². The topological polar surface area (TPSA) is 75.3 Å². The number of nitrogens with one attached hydrogen (secondary N) is 2. The summed E-state index contributed by atoms with van der Waals surface area (Å²) < 4.78 is 39.5. The third-order valence-electron chi connectivity index (χ3n) is 3.50. The average Bonchev–Trinajstić information content (AvgIpc) is 2.55. The van der Waals surface area contributed by atoms with E-state index >= 15 is 0 Å². The van der Waals surface area contributed by atoms with Crippen molar-refractivity contribution in [3.8, 4) is 0 Å². The number of amides is 1. The number of carbonyl (C=O) groups excluding carboxylic acids is 1. The Hall–Kier alpha value is -1.96. The quantitative estimate of drug-likeness (QED) is 0.770. The van der Waals surface area contributed by atoms with Gasteiger partial charge in [0.25, 0.3) is 0 Å². The van der Waals surface area contributed by atoms with Crippen LogP contribution in [0.3, 0.4) is 0 Å². The monoisotopic (exact) mass is 384 g/mol. The zero-order valence-corrected chi connectivity index (χ0v) is 15.1. The summed E-state index contributed by atoms with van der Waals surface area (Å²) in [7, 11) is -3.72. The molecule has 0 saturated heterocycles. The van der Waals surface area contributed by atoms with Crippen LogP contribution in [0.15, 0.2) is 53.4 Å². The molecule has 2 rings (SSSR count). The van der Waals surface area contributed by atoms with E-state index in [1.807, 2.05) is 0 Å². The Kier molecular flexibility index (Phi) is 6.52. The van der Waals surface area contributed by atoms with Crippen LogP contribution >= 0.6 is 11.6 Å². The number of hydrogen-bond acceptors (Lipinski definition) is 3. The van der Waals surface area contributed by atoms with Gasteiger partial charge in [0.1, 0.15) is 5.82 Å². The van der Waals surface area contributed by atoms with Crippen molar-refractivity contribution in [2.24, 2.45) is 0 Å². The highest BCUT2D eigenvalue weighted by molar-refractivity contribution is 7.89. The lowest BCUT2D eigenvalue weighted by molar-refractivity contribution is -0.121. The molecule has 2 N–H and O–H groups in total. The highest BCUT2D eigenvalue weighted by Gasteiger charge is 2.15. The highest BCUT2D eigenvalue weighted by atomic mass is 35.5. The average molecular weight is 385 g/mol. The third-order valence-corrected chi connectivity index (χ3v) is 5.19. The summed E-state index contributed by atoms with van der Waals surface area (Å²) in [5, 5.41) is 3.05. The van der Waals surface area contributed by atoms with E-state index in [0.717, 1.165) is 5.56 Å². The number of rotatable bonds is 7. The number of sulfonamides is 1. The molecule has 0 aromatic heterocycles. The third kappa shape index (κ3) is 5.81. The van der Waals surface area contributed by atoms with Gasteiger partial charge in [0.05, 0.1) is 10.9 Å². The fourth-order valence-corrected chi connectivity index (χ4v) is 3.50. The van der Waals surface area contributed by atoms with E-state index in [4.69, 9.17) is 11.6 Å². The minimum Gasteiger partial charge on any atom is -0.350 e. The minimum absolute atomic E-state index is 0.0225. The first-order valence-electron chi connectivity index (χ1n) is 7.58. The maximum Gasteiger partial charge on any atom is 0.240 e. The van der Waals surface area contributed by atoms with Gasteiger partial charge in [-0.05, 0) is 42.8 Å². The Bertz CT molecular complexity index is 841. The van der Waals surface area contributed by atoms with E-state index < -0.39 is 10.0 Å². The van der Waals surface area contributed by atoms with Crippen molar-refractivity contribution in [2.75, 3.05) is 6.54 Å². The summed E-state index contributed by atoms with van der Waals surface area (Å²) in [6, 6.07) is 11.4. The van der Waals surface area contributed by atoms with Crippen LogP contribution in [0, 0.1) is 5.82 Å². The van der Waals surface area contributed by atoms with Crippen LogP contribution in [0.2, 0.25) is 5.02 Å². The van der Waals surface area contributed by atoms with Gasteiger partial charge in [-0.1, -0.05) is 29.8 Å². The Labute approximate surface area is 151 Å². The molecule has 1 unspecified atom stereocenters. The van der Waals surface area contributed by atoms with Gasteiger partial charge in [0.15, 0.2) is 0 Å². The van der Waals surface area contributed by atoms with Crippen molar-refractivity contribution in [2.45, 2.75) is 24.3 Å². The first-order chi connectivity index (χ1) is 11.8. The molecule has 8 heteroatoms. The summed E-state index contributed by atoms with van der Waals surface area (Å²) in [6.07, 6.45) is -0.0225. The molecular formula is C17H18ClFN2O3S. The number of carbonyl (C=O) groups is 1. The predicted molar refractivity (Wildman–Crippen MR) is 94.2 cm³/mol. The summed E-state index contributed by atoms with van der Waals surface area (Å²) in [6.45, 7) is 1.72. The smallest absolute Gasteiger partial charge is 0.240 e. The van der Waals surface area contributed by atoms with E-state index in [1.165, 1.54) is 30.3 Å². The maximum absolute atomic E-state index is 12.9. The fourth-order valence-electron chi connectivity index (χ4n) is 2.16. The summed E-state index contributed by atoms with van der Waals surface area (Å²) in [5.74, 6) is -0.664. The molecule has 0 saturated carbocycles. The zero-order chi connectivity index (χ0) is 18.4. The normalized spacial score (nSPS) is 12.6. The Morgan fingerprint density at radius 2 is 1.88 bits per heavy atom. The lowest BCUT2D eigenvalue weighted by Crippen LogP contribution is -2.32. The molecule has 0 aliphatic carbocycles. The van der Waals surface area contributed by atoms with Crippen LogP contribution in [-0.2, 0) is 14.8 Å². The number of benzene rings is 2. The second-order valence-electron chi connectivity index (χ2n) is 5.45. The second kappa shape index (κ2) is 8.42. The zero-order valence-electron chi connectivity index (χ0n) is 13.5. The van der Waals surface area contributed by atoms with Crippen molar-refractivity contribution in [1.82, 2.24) is 10.0 Å². The van der Waals surface area contributed by atoms with Crippen molar-refractivity contribution in [3.05, 3.63) is 64.9 Å². The maximum atomic E-state index is 12.9. The molecule has 134 valence electrons. The summed E-state index contributed by atoms with van der Waals surface area (Å²) in [4.78, 5) is 12.0. The fraction of sp³-hybridized carbons (Fsp3) is 0.235.